The van der Waals surface area contributed by atoms with Crippen LogP contribution in [0.4, 0.5) is 0 Å². The molecule has 2 heterocycles. The van der Waals surface area contributed by atoms with Gasteiger partial charge in [0.1, 0.15) is 11.3 Å². The van der Waals surface area contributed by atoms with Crippen LogP contribution in [0.2, 0.25) is 5.02 Å². The second-order valence-electron chi connectivity index (χ2n) is 5.17. The highest BCUT2D eigenvalue weighted by Gasteiger charge is 2.20. The van der Waals surface area contributed by atoms with Crippen molar-refractivity contribution in [2.45, 2.75) is 19.4 Å². The van der Waals surface area contributed by atoms with Crippen molar-refractivity contribution in [3.8, 4) is 0 Å². The number of imidazole rings is 1. The number of nitrogens with zero attached hydrogens (tertiary/aromatic N) is 2. The van der Waals surface area contributed by atoms with Crippen LogP contribution in [0.3, 0.4) is 0 Å². The minimum Gasteiger partial charge on any atom is -0.388 e. The van der Waals surface area contributed by atoms with Crippen molar-refractivity contribution in [2.75, 3.05) is 0 Å². The Balaban J connectivity index is 1.87. The van der Waals surface area contributed by atoms with Crippen LogP contribution in [0, 0.1) is 6.92 Å². The maximum atomic E-state index is 12.5. The third-order valence-electron chi connectivity index (χ3n) is 3.60. The average molecular weight is 315 g/mol. The molecule has 0 saturated carbocycles. The van der Waals surface area contributed by atoms with Gasteiger partial charge in [0.25, 0.3) is 0 Å². The average Bonchev–Trinajstić information content (AvgIpc) is 2.83. The highest BCUT2D eigenvalue weighted by molar-refractivity contribution is 6.30. The van der Waals surface area contributed by atoms with Crippen LogP contribution < -0.4 is 0 Å². The van der Waals surface area contributed by atoms with Crippen molar-refractivity contribution < 1.29 is 9.90 Å². The van der Waals surface area contributed by atoms with E-state index in [0.717, 1.165) is 5.65 Å². The van der Waals surface area contributed by atoms with E-state index in [0.29, 0.717) is 22.0 Å². The molecular weight excluding hydrogens is 300 g/mol. The number of carbonyl (C=O) groups excluding carboxylic acids is 1. The smallest absolute Gasteiger partial charge is 0.184 e. The summed E-state index contributed by atoms with van der Waals surface area (Å²) >= 11 is 5.83. The maximum absolute atomic E-state index is 12.5. The lowest BCUT2D eigenvalue weighted by molar-refractivity contribution is 0.0874. The molecule has 0 radical (unpaired) electrons. The monoisotopic (exact) mass is 314 g/mol. The number of halogens is 1. The lowest BCUT2D eigenvalue weighted by atomic mass is 10.0. The van der Waals surface area contributed by atoms with Crippen molar-refractivity contribution in [1.29, 1.82) is 0 Å². The van der Waals surface area contributed by atoms with Crippen molar-refractivity contribution >= 4 is 23.0 Å². The van der Waals surface area contributed by atoms with E-state index in [1.54, 1.807) is 41.8 Å². The van der Waals surface area contributed by atoms with Crippen LogP contribution in [-0.4, -0.2) is 20.3 Å². The number of aliphatic hydroxyl groups is 1. The summed E-state index contributed by atoms with van der Waals surface area (Å²) in [6.07, 6.45) is 0.945. The van der Waals surface area contributed by atoms with E-state index < -0.39 is 6.10 Å². The van der Waals surface area contributed by atoms with Crippen LogP contribution in [-0.2, 0) is 0 Å². The van der Waals surface area contributed by atoms with E-state index in [2.05, 4.69) is 4.98 Å². The van der Waals surface area contributed by atoms with Gasteiger partial charge in [-0.15, -0.1) is 0 Å². The van der Waals surface area contributed by atoms with E-state index >= 15 is 0 Å². The second kappa shape index (κ2) is 5.91. The number of aromatic nitrogens is 2. The summed E-state index contributed by atoms with van der Waals surface area (Å²) in [5, 5.41) is 10.8. The number of aliphatic hydroxyl groups excluding tert-OH is 1. The highest BCUT2D eigenvalue weighted by Crippen LogP contribution is 2.22. The molecule has 2 aromatic heterocycles. The van der Waals surface area contributed by atoms with Crippen molar-refractivity contribution in [1.82, 2.24) is 9.38 Å². The summed E-state index contributed by atoms with van der Waals surface area (Å²) in [6, 6.07) is 12.4. The molecule has 1 atom stereocenters. The van der Waals surface area contributed by atoms with Crippen LogP contribution in [0.5, 0.6) is 0 Å². The standard InChI is InChI=1S/C17H15ClN2O2/c1-11-17(20-9-3-2-4-16(20)19-11)15(22)10-14(21)12-5-7-13(18)8-6-12/h2-9,14,21H,10H2,1H3/t14-/m0/s1. The fourth-order valence-corrected chi connectivity index (χ4v) is 2.65. The molecule has 4 nitrogen and oxygen atoms in total. The Kier molecular flexibility index (Phi) is 3.96. The third-order valence-corrected chi connectivity index (χ3v) is 3.85. The first kappa shape index (κ1) is 14.8. The Hall–Kier alpha value is -2.17. The number of aryl methyl sites for hydroxylation is 1. The number of hydrogen-bond acceptors (Lipinski definition) is 3. The van der Waals surface area contributed by atoms with Gasteiger partial charge >= 0.3 is 0 Å². The van der Waals surface area contributed by atoms with E-state index in [4.69, 9.17) is 11.6 Å². The van der Waals surface area contributed by atoms with Crippen molar-refractivity contribution in [3.05, 3.63) is 70.6 Å². The molecule has 112 valence electrons. The highest BCUT2D eigenvalue weighted by atomic mass is 35.5. The minimum atomic E-state index is -0.863. The van der Waals surface area contributed by atoms with Crippen molar-refractivity contribution in [2.24, 2.45) is 0 Å². The molecule has 1 N–H and O–H groups in total. The fourth-order valence-electron chi connectivity index (χ4n) is 2.52. The van der Waals surface area contributed by atoms with Gasteiger partial charge in [0.05, 0.1) is 11.8 Å². The summed E-state index contributed by atoms with van der Waals surface area (Å²) in [5.41, 5.74) is 2.58. The Bertz CT molecular complexity index is 824. The SMILES string of the molecule is Cc1nc2ccccn2c1C(=O)C[C@H](O)c1ccc(Cl)cc1. The number of carbonyl (C=O) groups is 1. The first-order chi connectivity index (χ1) is 10.6. The molecule has 0 saturated heterocycles. The number of Topliss-reactive ketones (excluding diaryl/α,β-unsaturated/α-hetero) is 1. The van der Waals surface area contributed by atoms with Crippen LogP contribution >= 0.6 is 11.6 Å². The Labute approximate surface area is 133 Å². The zero-order chi connectivity index (χ0) is 15.7. The van der Waals surface area contributed by atoms with Gasteiger partial charge in [-0.25, -0.2) is 4.98 Å². The van der Waals surface area contributed by atoms with Gasteiger partial charge in [0, 0.05) is 17.6 Å². The minimum absolute atomic E-state index is 0.00512. The van der Waals surface area contributed by atoms with Gasteiger partial charge in [-0.05, 0) is 36.8 Å². The summed E-state index contributed by atoms with van der Waals surface area (Å²) in [4.78, 5) is 16.9. The first-order valence-corrected chi connectivity index (χ1v) is 7.34. The van der Waals surface area contributed by atoms with Crippen molar-refractivity contribution in [3.63, 3.8) is 0 Å². The van der Waals surface area contributed by atoms with Gasteiger partial charge in [-0.2, -0.15) is 0 Å². The molecule has 0 bridgehead atoms. The predicted molar refractivity (Wildman–Crippen MR) is 85.3 cm³/mol. The zero-order valence-corrected chi connectivity index (χ0v) is 12.8. The number of ketones is 1. The van der Waals surface area contributed by atoms with Gasteiger partial charge < -0.3 is 5.11 Å². The lowest BCUT2D eigenvalue weighted by Crippen LogP contribution is -2.10. The molecule has 22 heavy (non-hydrogen) atoms. The maximum Gasteiger partial charge on any atom is 0.184 e. The van der Waals surface area contributed by atoms with E-state index in [1.165, 1.54) is 0 Å². The Morgan fingerprint density at radius 1 is 1.27 bits per heavy atom. The fraction of sp³-hybridized carbons (Fsp3) is 0.176. The van der Waals surface area contributed by atoms with Gasteiger partial charge in [0.15, 0.2) is 5.78 Å². The summed E-state index contributed by atoms with van der Waals surface area (Å²) < 4.78 is 1.76. The second-order valence-corrected chi connectivity index (χ2v) is 5.61. The number of hydrogen-bond donors (Lipinski definition) is 1. The van der Waals surface area contributed by atoms with Gasteiger partial charge in [-0.3, -0.25) is 9.20 Å². The first-order valence-electron chi connectivity index (χ1n) is 6.96. The molecule has 0 spiro atoms. The molecule has 1 aromatic carbocycles. The molecule has 0 aliphatic heterocycles. The molecule has 5 heteroatoms. The summed E-state index contributed by atoms with van der Waals surface area (Å²) in [6.45, 7) is 1.80. The van der Waals surface area contributed by atoms with Gasteiger partial charge in [-0.1, -0.05) is 29.8 Å². The zero-order valence-electron chi connectivity index (χ0n) is 12.0. The van der Waals surface area contributed by atoms with Crippen LogP contribution in [0.15, 0.2) is 48.7 Å². The molecule has 0 fully saturated rings. The van der Waals surface area contributed by atoms with E-state index in [9.17, 15) is 9.90 Å². The number of fused-ring (bicyclic) bond motifs is 1. The molecule has 0 amide bonds. The number of rotatable bonds is 4. The summed E-state index contributed by atoms with van der Waals surface area (Å²) in [5.74, 6) is -0.140. The summed E-state index contributed by atoms with van der Waals surface area (Å²) in [7, 11) is 0. The van der Waals surface area contributed by atoms with Gasteiger partial charge in [0.2, 0.25) is 0 Å². The number of pyridine rings is 1. The normalized spacial score (nSPS) is 12.5. The largest absolute Gasteiger partial charge is 0.388 e. The molecule has 3 rings (SSSR count). The molecule has 0 aliphatic carbocycles. The lowest BCUT2D eigenvalue weighted by Gasteiger charge is -2.10. The third kappa shape index (κ3) is 2.75. The molecule has 3 aromatic rings. The molecule has 0 aliphatic rings. The predicted octanol–water partition coefficient (Wildman–Crippen LogP) is 3.60. The van der Waals surface area contributed by atoms with E-state index in [-0.39, 0.29) is 12.2 Å². The van der Waals surface area contributed by atoms with Crippen LogP contribution in [0.1, 0.15) is 34.3 Å². The Morgan fingerprint density at radius 3 is 2.73 bits per heavy atom. The quantitative estimate of drug-likeness (QED) is 0.749. The topological polar surface area (TPSA) is 54.6 Å². The molecule has 0 unspecified atom stereocenters. The number of benzene rings is 1. The van der Waals surface area contributed by atoms with Crippen LogP contribution in [0.25, 0.3) is 5.65 Å². The molecular formula is C17H15ClN2O2. The Morgan fingerprint density at radius 2 is 2.00 bits per heavy atom. The van der Waals surface area contributed by atoms with E-state index in [1.807, 2.05) is 18.2 Å².